The van der Waals surface area contributed by atoms with E-state index in [4.69, 9.17) is 16.3 Å². The molecule has 0 saturated carbocycles. The first kappa shape index (κ1) is 17.9. The fourth-order valence-corrected chi connectivity index (χ4v) is 3.83. The van der Waals surface area contributed by atoms with Crippen molar-refractivity contribution in [3.05, 3.63) is 63.4 Å². The average molecular weight is 375 g/mol. The quantitative estimate of drug-likeness (QED) is 0.619. The first-order valence-electron chi connectivity index (χ1n) is 8.11. The van der Waals surface area contributed by atoms with Crippen LogP contribution in [-0.2, 0) is 11.3 Å². The standard InChI is InChI=1S/C19H19ClN2O2S/c1-3-24-11-10-22-16-9-8-15(20)12-17(16)25-19(22)21-18(23)14-6-4-13(2)5-7-14/h4-9,12H,3,10-11H2,1-2H3. The van der Waals surface area contributed by atoms with Crippen LogP contribution < -0.4 is 4.80 Å². The van der Waals surface area contributed by atoms with Gasteiger partial charge in [0.05, 0.1) is 16.8 Å². The summed E-state index contributed by atoms with van der Waals surface area (Å²) < 4.78 is 8.48. The molecule has 1 aromatic heterocycles. The Balaban J connectivity index is 2.04. The Morgan fingerprint density at radius 2 is 2.00 bits per heavy atom. The van der Waals surface area contributed by atoms with Gasteiger partial charge in [0.15, 0.2) is 4.80 Å². The fraction of sp³-hybridized carbons (Fsp3) is 0.263. The van der Waals surface area contributed by atoms with Crippen LogP contribution in [0.2, 0.25) is 5.02 Å². The predicted molar refractivity (Wildman–Crippen MR) is 102 cm³/mol. The van der Waals surface area contributed by atoms with Crippen molar-refractivity contribution in [2.75, 3.05) is 13.2 Å². The number of hydrogen-bond acceptors (Lipinski definition) is 3. The number of halogens is 1. The number of fused-ring (bicyclic) bond motifs is 1. The van der Waals surface area contributed by atoms with Crippen LogP contribution in [0.25, 0.3) is 10.2 Å². The van der Waals surface area contributed by atoms with E-state index in [1.165, 1.54) is 11.3 Å². The molecule has 0 aliphatic heterocycles. The zero-order valence-corrected chi connectivity index (χ0v) is 15.7. The largest absolute Gasteiger partial charge is 0.380 e. The first-order chi connectivity index (χ1) is 12.1. The van der Waals surface area contributed by atoms with Crippen LogP contribution in [0.3, 0.4) is 0 Å². The number of amides is 1. The summed E-state index contributed by atoms with van der Waals surface area (Å²) in [6, 6.07) is 13.1. The fourth-order valence-electron chi connectivity index (χ4n) is 2.50. The molecule has 1 heterocycles. The summed E-state index contributed by atoms with van der Waals surface area (Å²) in [6.07, 6.45) is 0. The number of rotatable bonds is 5. The summed E-state index contributed by atoms with van der Waals surface area (Å²) in [7, 11) is 0. The van der Waals surface area contributed by atoms with Crippen LogP contribution >= 0.6 is 22.9 Å². The molecule has 6 heteroatoms. The van der Waals surface area contributed by atoms with E-state index >= 15 is 0 Å². The molecular weight excluding hydrogens is 356 g/mol. The van der Waals surface area contributed by atoms with Crippen LogP contribution in [0.4, 0.5) is 0 Å². The molecule has 0 fully saturated rings. The second kappa shape index (κ2) is 7.95. The van der Waals surface area contributed by atoms with Gasteiger partial charge in [-0.25, -0.2) is 0 Å². The highest BCUT2D eigenvalue weighted by Gasteiger charge is 2.10. The Bertz CT molecular complexity index is 958. The third kappa shape index (κ3) is 4.18. The number of aryl methyl sites for hydroxylation is 1. The lowest BCUT2D eigenvalue weighted by Gasteiger charge is -2.05. The molecule has 3 aromatic rings. The van der Waals surface area contributed by atoms with Crippen molar-refractivity contribution in [3.63, 3.8) is 0 Å². The molecule has 0 unspecified atom stereocenters. The number of ether oxygens (including phenoxy) is 1. The van der Waals surface area contributed by atoms with Gasteiger partial charge in [0.2, 0.25) is 0 Å². The molecule has 0 spiro atoms. The van der Waals surface area contributed by atoms with E-state index in [1.807, 2.05) is 48.7 Å². The highest BCUT2D eigenvalue weighted by molar-refractivity contribution is 7.16. The predicted octanol–water partition coefficient (Wildman–Crippen LogP) is 4.44. The molecule has 1 amide bonds. The summed E-state index contributed by atoms with van der Waals surface area (Å²) >= 11 is 7.56. The van der Waals surface area contributed by atoms with Gasteiger partial charge >= 0.3 is 0 Å². The van der Waals surface area contributed by atoms with Crippen LogP contribution in [0.5, 0.6) is 0 Å². The number of nitrogens with zero attached hydrogens (tertiary/aromatic N) is 2. The Kier molecular flexibility index (Phi) is 5.68. The molecule has 0 N–H and O–H groups in total. The van der Waals surface area contributed by atoms with Crippen molar-refractivity contribution < 1.29 is 9.53 Å². The number of benzene rings is 2. The maximum absolute atomic E-state index is 12.5. The molecule has 0 aliphatic carbocycles. The SMILES string of the molecule is CCOCCn1c(=NC(=O)c2ccc(C)cc2)sc2cc(Cl)ccc21. The number of carbonyl (C=O) groups excluding carboxylic acids is 1. The smallest absolute Gasteiger partial charge is 0.279 e. The van der Waals surface area contributed by atoms with Gasteiger partial charge in [-0.15, -0.1) is 0 Å². The second-order valence-corrected chi connectivity index (χ2v) is 7.07. The third-order valence-electron chi connectivity index (χ3n) is 3.80. The zero-order chi connectivity index (χ0) is 17.8. The van der Waals surface area contributed by atoms with Gasteiger partial charge in [-0.2, -0.15) is 4.99 Å². The molecule has 0 saturated heterocycles. The molecule has 130 valence electrons. The molecule has 0 radical (unpaired) electrons. The molecule has 4 nitrogen and oxygen atoms in total. The number of aromatic nitrogens is 1. The van der Waals surface area contributed by atoms with Gasteiger partial charge < -0.3 is 9.30 Å². The highest BCUT2D eigenvalue weighted by Crippen LogP contribution is 2.22. The Morgan fingerprint density at radius 3 is 2.72 bits per heavy atom. The summed E-state index contributed by atoms with van der Waals surface area (Å²) in [5.74, 6) is -0.247. The average Bonchev–Trinajstić information content (AvgIpc) is 2.92. The van der Waals surface area contributed by atoms with Crippen molar-refractivity contribution in [3.8, 4) is 0 Å². The zero-order valence-electron chi connectivity index (χ0n) is 14.2. The van der Waals surface area contributed by atoms with Crippen LogP contribution in [0.1, 0.15) is 22.8 Å². The van der Waals surface area contributed by atoms with Crippen LogP contribution in [-0.4, -0.2) is 23.7 Å². The van der Waals surface area contributed by atoms with E-state index in [0.717, 1.165) is 15.8 Å². The molecule has 25 heavy (non-hydrogen) atoms. The van der Waals surface area contributed by atoms with Crippen LogP contribution in [0, 0.1) is 6.92 Å². The topological polar surface area (TPSA) is 43.6 Å². The third-order valence-corrected chi connectivity index (χ3v) is 5.08. The van der Waals surface area contributed by atoms with Crippen molar-refractivity contribution in [1.82, 2.24) is 4.57 Å². The van der Waals surface area contributed by atoms with E-state index in [0.29, 0.717) is 35.1 Å². The maximum Gasteiger partial charge on any atom is 0.279 e. The van der Waals surface area contributed by atoms with E-state index < -0.39 is 0 Å². The van der Waals surface area contributed by atoms with Gasteiger partial charge in [-0.3, -0.25) is 4.79 Å². The molecule has 0 bridgehead atoms. The van der Waals surface area contributed by atoms with E-state index in [1.54, 1.807) is 12.1 Å². The van der Waals surface area contributed by atoms with Crippen molar-refractivity contribution in [2.45, 2.75) is 20.4 Å². The Labute approximate surface area is 155 Å². The van der Waals surface area contributed by atoms with Gasteiger partial charge in [-0.1, -0.05) is 40.6 Å². The molecule has 3 rings (SSSR count). The number of carbonyl (C=O) groups is 1. The summed E-state index contributed by atoms with van der Waals surface area (Å²) in [5.41, 5.74) is 2.70. The van der Waals surface area contributed by atoms with Crippen LogP contribution in [0.15, 0.2) is 47.5 Å². The molecule has 0 atom stereocenters. The van der Waals surface area contributed by atoms with Gasteiger partial charge in [0, 0.05) is 23.7 Å². The van der Waals surface area contributed by atoms with Crippen molar-refractivity contribution in [2.24, 2.45) is 4.99 Å². The van der Waals surface area contributed by atoms with E-state index in [2.05, 4.69) is 4.99 Å². The van der Waals surface area contributed by atoms with E-state index in [9.17, 15) is 4.79 Å². The minimum Gasteiger partial charge on any atom is -0.380 e. The van der Waals surface area contributed by atoms with Gasteiger partial charge in [-0.05, 0) is 44.2 Å². The summed E-state index contributed by atoms with van der Waals surface area (Å²) in [6.45, 7) is 5.81. The monoisotopic (exact) mass is 374 g/mol. The minimum atomic E-state index is -0.247. The lowest BCUT2D eigenvalue weighted by atomic mass is 10.1. The lowest BCUT2D eigenvalue weighted by Crippen LogP contribution is -2.19. The number of thiazole rings is 1. The normalized spacial score (nSPS) is 12.0. The summed E-state index contributed by atoms with van der Waals surface area (Å²) in [5, 5.41) is 0.669. The minimum absolute atomic E-state index is 0.247. The second-order valence-electron chi connectivity index (χ2n) is 5.63. The summed E-state index contributed by atoms with van der Waals surface area (Å²) in [4.78, 5) is 17.5. The molecular formula is C19H19ClN2O2S. The molecule has 2 aromatic carbocycles. The first-order valence-corrected chi connectivity index (χ1v) is 9.30. The maximum atomic E-state index is 12.5. The Hall–Kier alpha value is -1.95. The number of hydrogen-bond donors (Lipinski definition) is 0. The van der Waals surface area contributed by atoms with Crippen molar-refractivity contribution >= 4 is 39.1 Å². The van der Waals surface area contributed by atoms with Crippen molar-refractivity contribution in [1.29, 1.82) is 0 Å². The van der Waals surface area contributed by atoms with E-state index in [-0.39, 0.29) is 5.91 Å². The Morgan fingerprint density at radius 1 is 1.24 bits per heavy atom. The van der Waals surface area contributed by atoms with Gasteiger partial charge in [0.1, 0.15) is 0 Å². The highest BCUT2D eigenvalue weighted by atomic mass is 35.5. The van der Waals surface area contributed by atoms with Gasteiger partial charge in [0.25, 0.3) is 5.91 Å². The molecule has 0 aliphatic rings. The lowest BCUT2D eigenvalue weighted by molar-refractivity contribution is 0.0996.